The van der Waals surface area contributed by atoms with E-state index >= 15 is 0 Å². The van der Waals surface area contributed by atoms with Crippen molar-refractivity contribution < 1.29 is 9.47 Å². The number of benzene rings is 2. The molecule has 3 aromatic rings. The number of rotatable bonds is 2. The Hall–Kier alpha value is -2.75. The lowest BCUT2D eigenvalue weighted by molar-refractivity contribution is 0.171. The molecule has 0 atom stereocenters. The van der Waals surface area contributed by atoms with Crippen molar-refractivity contribution >= 4 is 22.4 Å². The van der Waals surface area contributed by atoms with Crippen LogP contribution in [0.15, 0.2) is 54.6 Å². The van der Waals surface area contributed by atoms with Crippen LogP contribution in [0.2, 0.25) is 0 Å². The number of hydrogen-bond acceptors (Lipinski definition) is 4. The Bertz CT molecular complexity index is 802. The lowest BCUT2D eigenvalue weighted by Gasteiger charge is -2.19. The molecule has 0 amide bonds. The number of aromatic nitrogens is 1. The quantitative estimate of drug-likeness (QED) is 0.775. The summed E-state index contributed by atoms with van der Waals surface area (Å²) in [5.74, 6) is 2.37. The highest BCUT2D eigenvalue weighted by Gasteiger charge is 2.11. The molecule has 0 spiro atoms. The van der Waals surface area contributed by atoms with Crippen LogP contribution in [0.25, 0.3) is 10.9 Å². The first-order valence-corrected chi connectivity index (χ1v) is 6.91. The predicted octanol–water partition coefficient (Wildman–Crippen LogP) is 3.75. The molecular formula is C17H14N2O2. The molecule has 1 aliphatic rings. The van der Waals surface area contributed by atoms with Crippen molar-refractivity contribution in [3.8, 4) is 11.5 Å². The van der Waals surface area contributed by atoms with Crippen molar-refractivity contribution in [1.82, 2.24) is 4.98 Å². The molecule has 21 heavy (non-hydrogen) atoms. The molecule has 0 saturated carbocycles. The van der Waals surface area contributed by atoms with Crippen molar-refractivity contribution in [3.05, 3.63) is 54.6 Å². The Kier molecular flexibility index (Phi) is 2.85. The monoisotopic (exact) mass is 278 g/mol. The Labute approximate surface area is 122 Å². The van der Waals surface area contributed by atoms with Gasteiger partial charge in [-0.2, -0.15) is 0 Å². The van der Waals surface area contributed by atoms with Crippen LogP contribution in [0.5, 0.6) is 11.5 Å². The average molecular weight is 278 g/mol. The molecule has 4 nitrogen and oxygen atoms in total. The van der Waals surface area contributed by atoms with Crippen molar-refractivity contribution in [3.63, 3.8) is 0 Å². The van der Waals surface area contributed by atoms with Crippen LogP contribution in [-0.2, 0) is 0 Å². The summed E-state index contributed by atoms with van der Waals surface area (Å²) in [7, 11) is 0. The van der Waals surface area contributed by atoms with E-state index in [0.29, 0.717) is 13.2 Å². The third-order valence-electron chi connectivity index (χ3n) is 3.41. The van der Waals surface area contributed by atoms with E-state index in [9.17, 15) is 0 Å². The number of ether oxygens (including phenoxy) is 2. The summed E-state index contributed by atoms with van der Waals surface area (Å²) in [5.41, 5.74) is 1.90. The second kappa shape index (κ2) is 4.98. The predicted molar refractivity (Wildman–Crippen MR) is 82.5 cm³/mol. The van der Waals surface area contributed by atoms with Crippen LogP contribution in [0.3, 0.4) is 0 Å². The zero-order valence-corrected chi connectivity index (χ0v) is 11.4. The molecule has 104 valence electrons. The topological polar surface area (TPSA) is 43.4 Å². The number of para-hydroxylation sites is 1. The maximum absolute atomic E-state index is 5.59. The Morgan fingerprint density at radius 2 is 1.71 bits per heavy atom. The van der Waals surface area contributed by atoms with E-state index in [1.807, 2.05) is 42.5 Å². The zero-order valence-electron chi connectivity index (χ0n) is 11.4. The summed E-state index contributed by atoms with van der Waals surface area (Å²) in [4.78, 5) is 4.60. The van der Waals surface area contributed by atoms with E-state index in [-0.39, 0.29) is 0 Å². The van der Waals surface area contributed by atoms with Crippen molar-refractivity contribution in [2.75, 3.05) is 18.5 Å². The molecule has 1 aliphatic heterocycles. The number of fused-ring (bicyclic) bond motifs is 2. The minimum absolute atomic E-state index is 0.588. The van der Waals surface area contributed by atoms with E-state index in [1.165, 1.54) is 0 Å². The normalized spacial score (nSPS) is 13.1. The highest BCUT2D eigenvalue weighted by atomic mass is 16.6. The van der Waals surface area contributed by atoms with Gasteiger partial charge in [0.2, 0.25) is 0 Å². The first-order chi connectivity index (χ1) is 10.4. The van der Waals surface area contributed by atoms with Gasteiger partial charge in [-0.1, -0.05) is 18.2 Å². The number of nitrogens with zero attached hydrogens (tertiary/aromatic N) is 1. The number of hydrogen-bond donors (Lipinski definition) is 1. The molecule has 0 aliphatic carbocycles. The Balaban J connectivity index is 1.64. The molecule has 1 aromatic heterocycles. The van der Waals surface area contributed by atoms with Gasteiger partial charge in [0, 0.05) is 17.1 Å². The summed E-state index contributed by atoms with van der Waals surface area (Å²) in [6.45, 7) is 1.19. The van der Waals surface area contributed by atoms with Gasteiger partial charge in [0.25, 0.3) is 0 Å². The average Bonchev–Trinajstić information content (AvgIpc) is 2.55. The van der Waals surface area contributed by atoms with Gasteiger partial charge in [0.05, 0.1) is 5.52 Å². The molecule has 0 unspecified atom stereocenters. The van der Waals surface area contributed by atoms with Crippen LogP contribution in [-0.4, -0.2) is 18.2 Å². The standard InChI is InChI=1S/C17H14N2O2/c1-2-4-14-12(3-1)5-8-17(19-14)18-13-6-7-15-16(11-13)21-10-9-20-15/h1-8,11H,9-10H2,(H,18,19). The Morgan fingerprint density at radius 1 is 0.857 bits per heavy atom. The molecular weight excluding hydrogens is 264 g/mol. The van der Waals surface area contributed by atoms with Gasteiger partial charge in [0.1, 0.15) is 19.0 Å². The molecule has 0 saturated heterocycles. The summed E-state index contributed by atoms with van der Waals surface area (Å²) in [5, 5.41) is 4.43. The van der Waals surface area contributed by atoms with Crippen LogP contribution in [0, 0.1) is 0 Å². The SMILES string of the molecule is c1ccc2nc(Nc3ccc4c(c3)OCCO4)ccc2c1. The van der Waals surface area contributed by atoms with Gasteiger partial charge in [-0.05, 0) is 30.3 Å². The molecule has 2 aromatic carbocycles. The van der Waals surface area contributed by atoms with Crippen LogP contribution >= 0.6 is 0 Å². The van der Waals surface area contributed by atoms with Crippen LogP contribution < -0.4 is 14.8 Å². The molecule has 0 bridgehead atoms. The van der Waals surface area contributed by atoms with Crippen molar-refractivity contribution in [2.45, 2.75) is 0 Å². The van der Waals surface area contributed by atoms with E-state index < -0.39 is 0 Å². The lowest BCUT2D eigenvalue weighted by atomic mass is 10.2. The Morgan fingerprint density at radius 3 is 2.67 bits per heavy atom. The molecule has 1 N–H and O–H groups in total. The van der Waals surface area contributed by atoms with E-state index in [2.05, 4.69) is 22.4 Å². The minimum Gasteiger partial charge on any atom is -0.486 e. The third-order valence-corrected chi connectivity index (χ3v) is 3.41. The second-order valence-electron chi connectivity index (χ2n) is 4.87. The molecule has 2 heterocycles. The van der Waals surface area contributed by atoms with E-state index in [0.717, 1.165) is 33.9 Å². The maximum atomic E-state index is 5.59. The fourth-order valence-corrected chi connectivity index (χ4v) is 2.40. The number of pyridine rings is 1. The zero-order chi connectivity index (χ0) is 14.1. The summed E-state index contributed by atoms with van der Waals surface area (Å²) >= 11 is 0. The smallest absolute Gasteiger partial charge is 0.163 e. The van der Waals surface area contributed by atoms with Crippen LogP contribution in [0.1, 0.15) is 0 Å². The molecule has 0 fully saturated rings. The van der Waals surface area contributed by atoms with Crippen molar-refractivity contribution in [1.29, 1.82) is 0 Å². The van der Waals surface area contributed by atoms with Gasteiger partial charge >= 0.3 is 0 Å². The molecule has 4 rings (SSSR count). The highest BCUT2D eigenvalue weighted by molar-refractivity contribution is 5.80. The van der Waals surface area contributed by atoms with Gasteiger partial charge < -0.3 is 14.8 Å². The highest BCUT2D eigenvalue weighted by Crippen LogP contribution is 2.33. The van der Waals surface area contributed by atoms with Gasteiger partial charge in [-0.15, -0.1) is 0 Å². The van der Waals surface area contributed by atoms with Crippen LogP contribution in [0.4, 0.5) is 11.5 Å². The fraction of sp³-hybridized carbons (Fsp3) is 0.118. The van der Waals surface area contributed by atoms with Gasteiger partial charge in [0.15, 0.2) is 11.5 Å². The summed E-state index contributed by atoms with van der Waals surface area (Å²) < 4.78 is 11.1. The van der Waals surface area contributed by atoms with E-state index in [4.69, 9.17) is 9.47 Å². The molecule has 0 radical (unpaired) electrons. The number of anilines is 2. The maximum Gasteiger partial charge on any atom is 0.163 e. The first kappa shape index (κ1) is 12.0. The first-order valence-electron chi connectivity index (χ1n) is 6.91. The van der Waals surface area contributed by atoms with Gasteiger partial charge in [-0.25, -0.2) is 4.98 Å². The lowest BCUT2D eigenvalue weighted by Crippen LogP contribution is -2.15. The minimum atomic E-state index is 0.588. The second-order valence-corrected chi connectivity index (χ2v) is 4.87. The fourth-order valence-electron chi connectivity index (χ4n) is 2.40. The largest absolute Gasteiger partial charge is 0.486 e. The third kappa shape index (κ3) is 2.36. The number of nitrogens with one attached hydrogen (secondary N) is 1. The summed E-state index contributed by atoms with van der Waals surface area (Å²) in [6.07, 6.45) is 0. The summed E-state index contributed by atoms with van der Waals surface area (Å²) in [6, 6.07) is 17.9. The van der Waals surface area contributed by atoms with Crippen molar-refractivity contribution in [2.24, 2.45) is 0 Å². The van der Waals surface area contributed by atoms with Gasteiger partial charge in [-0.3, -0.25) is 0 Å². The molecule has 4 heteroatoms. The van der Waals surface area contributed by atoms with E-state index in [1.54, 1.807) is 0 Å².